The standard InChI is InChI=1S/C27H26N6O4/c1-17-24(26(34)29-20-11-7-8-12-21(20)35-2)25(33-27(28-17)30-31-32-33)19-13-14-22(23(15-19)36-3)37-16-18-9-5-4-6-10-18/h4-15,25H,16H2,1-3H3,(H,29,34)(H,28,30,32). The number of carbonyl (C=O) groups excluding carboxylic acids is 1. The maximum Gasteiger partial charge on any atom is 0.255 e. The van der Waals surface area contributed by atoms with Gasteiger partial charge >= 0.3 is 0 Å². The highest BCUT2D eigenvalue weighted by Gasteiger charge is 2.35. The van der Waals surface area contributed by atoms with Gasteiger partial charge in [0, 0.05) is 5.70 Å². The van der Waals surface area contributed by atoms with Gasteiger partial charge in [-0.1, -0.05) is 53.6 Å². The van der Waals surface area contributed by atoms with E-state index in [0.717, 1.165) is 11.1 Å². The average molecular weight is 499 g/mol. The van der Waals surface area contributed by atoms with Crippen molar-refractivity contribution in [2.24, 2.45) is 0 Å². The molecule has 1 atom stereocenters. The molecule has 1 aliphatic heterocycles. The normalized spacial score (nSPS) is 14.4. The van der Waals surface area contributed by atoms with E-state index < -0.39 is 6.04 Å². The summed E-state index contributed by atoms with van der Waals surface area (Å²) in [4.78, 5) is 13.6. The first-order chi connectivity index (χ1) is 18.1. The minimum Gasteiger partial charge on any atom is -0.495 e. The summed E-state index contributed by atoms with van der Waals surface area (Å²) in [5.74, 6) is 1.79. The third-order valence-corrected chi connectivity index (χ3v) is 6.05. The van der Waals surface area contributed by atoms with E-state index in [2.05, 4.69) is 26.2 Å². The predicted molar refractivity (Wildman–Crippen MR) is 138 cm³/mol. The molecule has 10 nitrogen and oxygen atoms in total. The quantitative estimate of drug-likeness (QED) is 0.372. The van der Waals surface area contributed by atoms with Crippen LogP contribution in [-0.2, 0) is 11.4 Å². The molecule has 37 heavy (non-hydrogen) atoms. The molecule has 1 amide bonds. The van der Waals surface area contributed by atoms with E-state index in [1.807, 2.05) is 67.6 Å². The van der Waals surface area contributed by atoms with Crippen LogP contribution < -0.4 is 24.8 Å². The zero-order chi connectivity index (χ0) is 25.8. The number of ether oxygens (including phenoxy) is 3. The molecule has 3 aromatic carbocycles. The SMILES string of the molecule is COc1ccccc1NC(=O)C1=C(C)Nc2nnnn2C1c1ccc(OCc2ccccc2)c(OC)c1. The topological polar surface area (TPSA) is 112 Å². The number of rotatable bonds is 8. The lowest BCUT2D eigenvalue weighted by atomic mass is 9.94. The second-order valence-electron chi connectivity index (χ2n) is 8.35. The molecule has 1 aromatic heterocycles. The number of para-hydroxylation sites is 2. The smallest absolute Gasteiger partial charge is 0.255 e. The number of nitrogens with zero attached hydrogens (tertiary/aromatic N) is 4. The third-order valence-electron chi connectivity index (χ3n) is 6.05. The Balaban J connectivity index is 1.49. The van der Waals surface area contributed by atoms with Crippen molar-refractivity contribution in [3.63, 3.8) is 0 Å². The number of hydrogen-bond donors (Lipinski definition) is 2. The molecule has 0 spiro atoms. The third kappa shape index (κ3) is 4.81. The van der Waals surface area contributed by atoms with Gasteiger partial charge in [0.1, 0.15) is 18.4 Å². The molecule has 0 radical (unpaired) electrons. The van der Waals surface area contributed by atoms with E-state index in [0.29, 0.717) is 46.8 Å². The van der Waals surface area contributed by atoms with E-state index in [1.165, 1.54) is 0 Å². The van der Waals surface area contributed by atoms with Crippen molar-refractivity contribution in [1.29, 1.82) is 0 Å². The van der Waals surface area contributed by atoms with E-state index >= 15 is 0 Å². The molecule has 0 saturated carbocycles. The highest BCUT2D eigenvalue weighted by atomic mass is 16.5. The Morgan fingerprint density at radius 2 is 1.73 bits per heavy atom. The van der Waals surface area contributed by atoms with Gasteiger partial charge in [0.05, 0.1) is 25.5 Å². The molecule has 0 fully saturated rings. The van der Waals surface area contributed by atoms with Crippen molar-refractivity contribution >= 4 is 17.5 Å². The minimum absolute atomic E-state index is 0.316. The highest BCUT2D eigenvalue weighted by Crippen LogP contribution is 2.39. The molecule has 1 aliphatic rings. The number of carbonyl (C=O) groups is 1. The Kier molecular flexibility index (Phi) is 6.71. The van der Waals surface area contributed by atoms with Crippen LogP contribution in [0.1, 0.15) is 24.1 Å². The summed E-state index contributed by atoms with van der Waals surface area (Å²) in [6.07, 6.45) is 0. The van der Waals surface area contributed by atoms with Crippen LogP contribution in [-0.4, -0.2) is 40.3 Å². The molecule has 1 unspecified atom stereocenters. The van der Waals surface area contributed by atoms with Crippen molar-refractivity contribution in [3.8, 4) is 17.2 Å². The Morgan fingerprint density at radius 1 is 0.973 bits per heavy atom. The predicted octanol–water partition coefficient (Wildman–Crippen LogP) is 4.20. The molecular weight excluding hydrogens is 472 g/mol. The van der Waals surface area contributed by atoms with E-state index in [4.69, 9.17) is 14.2 Å². The monoisotopic (exact) mass is 498 g/mol. The van der Waals surface area contributed by atoms with Gasteiger partial charge < -0.3 is 24.8 Å². The lowest BCUT2D eigenvalue weighted by Crippen LogP contribution is -2.31. The van der Waals surface area contributed by atoms with Crippen LogP contribution in [0.5, 0.6) is 17.2 Å². The number of methoxy groups -OCH3 is 2. The number of fused-ring (bicyclic) bond motifs is 1. The fourth-order valence-corrected chi connectivity index (χ4v) is 4.26. The highest BCUT2D eigenvalue weighted by molar-refractivity contribution is 6.06. The summed E-state index contributed by atoms with van der Waals surface area (Å²) in [7, 11) is 3.14. The Bertz CT molecular complexity index is 1450. The zero-order valence-electron chi connectivity index (χ0n) is 20.6. The number of aromatic nitrogens is 4. The van der Waals surface area contributed by atoms with E-state index in [1.54, 1.807) is 31.0 Å². The molecule has 0 aliphatic carbocycles. The first-order valence-electron chi connectivity index (χ1n) is 11.6. The fourth-order valence-electron chi connectivity index (χ4n) is 4.26. The number of nitrogens with one attached hydrogen (secondary N) is 2. The van der Waals surface area contributed by atoms with Gasteiger partial charge in [0.2, 0.25) is 5.95 Å². The summed E-state index contributed by atoms with van der Waals surface area (Å²) in [5, 5.41) is 18.1. The van der Waals surface area contributed by atoms with Gasteiger partial charge in [0.25, 0.3) is 5.91 Å². The largest absolute Gasteiger partial charge is 0.495 e. The minimum atomic E-state index is -0.613. The number of allylic oxidation sites excluding steroid dienone is 1. The van der Waals surface area contributed by atoms with Crippen LogP contribution in [0.2, 0.25) is 0 Å². The van der Waals surface area contributed by atoms with Gasteiger partial charge in [-0.05, 0) is 52.7 Å². The van der Waals surface area contributed by atoms with Crippen LogP contribution in [0.15, 0.2) is 84.1 Å². The summed E-state index contributed by atoms with van der Waals surface area (Å²) >= 11 is 0. The number of hydrogen-bond acceptors (Lipinski definition) is 8. The van der Waals surface area contributed by atoms with E-state index in [9.17, 15) is 4.79 Å². The number of amides is 1. The molecular formula is C27H26N6O4. The van der Waals surface area contributed by atoms with Crippen molar-refractivity contribution < 1.29 is 19.0 Å². The van der Waals surface area contributed by atoms with Crippen LogP contribution in [0, 0.1) is 0 Å². The average Bonchev–Trinajstić information content (AvgIpc) is 3.40. The Hall–Kier alpha value is -4.86. The van der Waals surface area contributed by atoms with Crippen molar-refractivity contribution in [2.45, 2.75) is 19.6 Å². The molecule has 2 heterocycles. The summed E-state index contributed by atoms with van der Waals surface area (Å²) in [5.41, 5.74) is 3.43. The van der Waals surface area contributed by atoms with Gasteiger partial charge in [-0.3, -0.25) is 4.79 Å². The molecule has 0 saturated heterocycles. The molecule has 188 valence electrons. The second kappa shape index (κ2) is 10.4. The maximum absolute atomic E-state index is 13.6. The molecule has 5 rings (SSSR count). The molecule has 10 heteroatoms. The number of anilines is 2. The van der Waals surface area contributed by atoms with E-state index in [-0.39, 0.29) is 5.91 Å². The van der Waals surface area contributed by atoms with Gasteiger partial charge in [-0.2, -0.15) is 4.68 Å². The summed E-state index contributed by atoms with van der Waals surface area (Å²) in [6, 6.07) is 22.0. The maximum atomic E-state index is 13.6. The number of benzene rings is 3. The molecule has 4 aromatic rings. The zero-order valence-corrected chi connectivity index (χ0v) is 20.6. The first-order valence-corrected chi connectivity index (χ1v) is 11.6. The number of tetrazole rings is 1. The van der Waals surface area contributed by atoms with Crippen LogP contribution >= 0.6 is 0 Å². The molecule has 0 bridgehead atoms. The van der Waals surface area contributed by atoms with Crippen molar-refractivity contribution in [2.75, 3.05) is 24.9 Å². The first kappa shape index (κ1) is 23.9. The van der Waals surface area contributed by atoms with Gasteiger partial charge in [-0.15, -0.1) is 0 Å². The fraction of sp³-hybridized carbons (Fsp3) is 0.185. The summed E-state index contributed by atoms with van der Waals surface area (Å²) in [6.45, 7) is 2.21. The summed E-state index contributed by atoms with van der Waals surface area (Å²) < 4.78 is 18.6. The van der Waals surface area contributed by atoms with Crippen molar-refractivity contribution in [1.82, 2.24) is 20.2 Å². The van der Waals surface area contributed by atoms with Gasteiger partial charge in [-0.25, -0.2) is 0 Å². The van der Waals surface area contributed by atoms with Crippen LogP contribution in [0.3, 0.4) is 0 Å². The lowest BCUT2D eigenvalue weighted by Gasteiger charge is -2.28. The Morgan fingerprint density at radius 3 is 2.51 bits per heavy atom. The molecule has 2 N–H and O–H groups in total. The van der Waals surface area contributed by atoms with Crippen LogP contribution in [0.4, 0.5) is 11.6 Å². The Labute approximate surface area is 213 Å². The van der Waals surface area contributed by atoms with Gasteiger partial charge in [0.15, 0.2) is 11.5 Å². The van der Waals surface area contributed by atoms with Crippen LogP contribution in [0.25, 0.3) is 0 Å². The van der Waals surface area contributed by atoms with Crippen molar-refractivity contribution in [3.05, 3.63) is 95.2 Å². The lowest BCUT2D eigenvalue weighted by molar-refractivity contribution is -0.113. The second-order valence-corrected chi connectivity index (χ2v) is 8.35.